The third kappa shape index (κ3) is 3.85. The first-order valence-electron chi connectivity index (χ1n) is 5.68. The monoisotopic (exact) mass is 263 g/mol. The molecule has 5 nitrogen and oxygen atoms in total. The molecule has 1 fully saturated rings. The second-order valence-corrected chi connectivity index (χ2v) is 4.97. The van der Waals surface area contributed by atoms with Crippen LogP contribution in [0.1, 0.15) is 27.2 Å². The highest BCUT2D eigenvalue weighted by atomic mass is 35.5. The van der Waals surface area contributed by atoms with Gasteiger partial charge in [-0.3, -0.25) is 9.59 Å². The molecule has 1 aliphatic rings. The van der Waals surface area contributed by atoms with E-state index in [1.807, 2.05) is 20.8 Å². The number of rotatable bonds is 4. The Bertz CT molecular complexity index is 296. The summed E-state index contributed by atoms with van der Waals surface area (Å²) in [5.74, 6) is -0.136. The van der Waals surface area contributed by atoms with Gasteiger partial charge in [0.2, 0.25) is 11.8 Å². The summed E-state index contributed by atoms with van der Waals surface area (Å²) in [5.41, 5.74) is 5.28. The van der Waals surface area contributed by atoms with Crippen LogP contribution in [-0.4, -0.2) is 30.4 Å². The van der Waals surface area contributed by atoms with Crippen LogP contribution in [0.4, 0.5) is 0 Å². The summed E-state index contributed by atoms with van der Waals surface area (Å²) in [6.07, 6.45) is 0.282. The zero-order valence-corrected chi connectivity index (χ0v) is 11.4. The van der Waals surface area contributed by atoms with E-state index in [9.17, 15) is 9.59 Å². The third-order valence-corrected chi connectivity index (χ3v) is 3.46. The normalized spacial score (nSPS) is 22.6. The molecule has 0 aromatic carbocycles. The molecule has 0 saturated carbocycles. The number of halogens is 1. The van der Waals surface area contributed by atoms with Crippen LogP contribution >= 0.6 is 12.4 Å². The van der Waals surface area contributed by atoms with E-state index in [-0.39, 0.29) is 42.5 Å². The van der Waals surface area contributed by atoms with E-state index in [4.69, 9.17) is 5.73 Å². The standard InChI is InChI=1S/C11H21N3O2.ClH/c1-7(2)11(3,6-12)14-10(16)8-4-9(15)13-5-8;/h7-8H,4-6,12H2,1-3H3,(H,13,15)(H,14,16);1H. The van der Waals surface area contributed by atoms with Gasteiger partial charge in [0, 0.05) is 19.5 Å². The van der Waals surface area contributed by atoms with Gasteiger partial charge in [0.05, 0.1) is 11.5 Å². The molecule has 0 radical (unpaired) electrons. The highest BCUT2D eigenvalue weighted by Crippen LogP contribution is 2.17. The molecule has 0 aromatic rings. The lowest BCUT2D eigenvalue weighted by atomic mass is 9.87. The van der Waals surface area contributed by atoms with Gasteiger partial charge in [-0.2, -0.15) is 0 Å². The van der Waals surface area contributed by atoms with E-state index in [1.54, 1.807) is 0 Å². The highest BCUT2D eigenvalue weighted by Gasteiger charge is 2.34. The minimum Gasteiger partial charge on any atom is -0.355 e. The summed E-state index contributed by atoms with van der Waals surface area (Å²) in [6.45, 7) is 6.80. The largest absolute Gasteiger partial charge is 0.355 e. The molecule has 2 atom stereocenters. The predicted octanol–water partition coefficient (Wildman–Crippen LogP) is 0.0339. The highest BCUT2D eigenvalue weighted by molar-refractivity contribution is 5.89. The predicted molar refractivity (Wildman–Crippen MR) is 68.8 cm³/mol. The molecule has 6 heteroatoms. The molecule has 1 rings (SSSR count). The maximum Gasteiger partial charge on any atom is 0.225 e. The van der Waals surface area contributed by atoms with Gasteiger partial charge in [0.1, 0.15) is 0 Å². The first-order valence-corrected chi connectivity index (χ1v) is 5.68. The number of hydrogen-bond donors (Lipinski definition) is 3. The number of nitrogens with one attached hydrogen (secondary N) is 2. The van der Waals surface area contributed by atoms with E-state index >= 15 is 0 Å². The van der Waals surface area contributed by atoms with Crippen LogP contribution < -0.4 is 16.4 Å². The molecule has 0 aliphatic carbocycles. The second kappa shape index (κ2) is 6.21. The minimum absolute atomic E-state index is 0. The fourth-order valence-corrected chi connectivity index (χ4v) is 1.61. The fourth-order valence-electron chi connectivity index (χ4n) is 1.61. The van der Waals surface area contributed by atoms with Crippen molar-refractivity contribution in [2.45, 2.75) is 32.7 Å². The van der Waals surface area contributed by atoms with Gasteiger partial charge in [0.25, 0.3) is 0 Å². The van der Waals surface area contributed by atoms with Gasteiger partial charge in [-0.05, 0) is 12.8 Å². The first kappa shape index (κ1) is 16.2. The Morgan fingerprint density at radius 2 is 2.24 bits per heavy atom. The number of carbonyl (C=O) groups is 2. The lowest BCUT2D eigenvalue weighted by molar-refractivity contribution is -0.128. The summed E-state index contributed by atoms with van der Waals surface area (Å²) in [6, 6.07) is 0. The minimum atomic E-state index is -0.400. The van der Waals surface area contributed by atoms with Crippen LogP contribution in [0, 0.1) is 11.8 Å². The van der Waals surface area contributed by atoms with Gasteiger partial charge in [-0.15, -0.1) is 12.4 Å². The lowest BCUT2D eigenvalue weighted by Crippen LogP contribution is -2.56. The van der Waals surface area contributed by atoms with Crippen molar-refractivity contribution >= 4 is 24.2 Å². The van der Waals surface area contributed by atoms with Crippen molar-refractivity contribution in [3.8, 4) is 0 Å². The molecular weight excluding hydrogens is 242 g/mol. The average Bonchev–Trinajstić information content (AvgIpc) is 2.64. The molecule has 100 valence electrons. The quantitative estimate of drug-likeness (QED) is 0.669. The molecule has 2 unspecified atom stereocenters. The Morgan fingerprint density at radius 3 is 2.59 bits per heavy atom. The Kier molecular flexibility index (Phi) is 5.92. The Hall–Kier alpha value is -0.810. The molecule has 2 amide bonds. The van der Waals surface area contributed by atoms with E-state index in [0.29, 0.717) is 13.1 Å². The van der Waals surface area contributed by atoms with Gasteiger partial charge in [-0.25, -0.2) is 0 Å². The van der Waals surface area contributed by atoms with Crippen molar-refractivity contribution in [2.75, 3.05) is 13.1 Å². The molecule has 4 N–H and O–H groups in total. The van der Waals surface area contributed by atoms with E-state index in [0.717, 1.165) is 0 Å². The van der Waals surface area contributed by atoms with Gasteiger partial charge < -0.3 is 16.4 Å². The van der Waals surface area contributed by atoms with Crippen LogP contribution in [0.5, 0.6) is 0 Å². The molecule has 0 bridgehead atoms. The summed E-state index contributed by atoms with van der Waals surface area (Å²) < 4.78 is 0. The zero-order valence-electron chi connectivity index (χ0n) is 10.6. The van der Waals surface area contributed by atoms with Crippen LogP contribution in [-0.2, 0) is 9.59 Å². The first-order chi connectivity index (χ1) is 7.39. The molecule has 1 heterocycles. The summed E-state index contributed by atoms with van der Waals surface area (Å²) in [4.78, 5) is 22.9. The summed E-state index contributed by atoms with van der Waals surface area (Å²) in [7, 11) is 0. The Labute approximate surface area is 108 Å². The zero-order chi connectivity index (χ0) is 12.3. The van der Waals surface area contributed by atoms with E-state index in [2.05, 4.69) is 10.6 Å². The fraction of sp³-hybridized carbons (Fsp3) is 0.818. The van der Waals surface area contributed by atoms with Crippen LogP contribution in [0.3, 0.4) is 0 Å². The van der Waals surface area contributed by atoms with Crippen molar-refractivity contribution in [2.24, 2.45) is 17.6 Å². The Morgan fingerprint density at radius 1 is 1.65 bits per heavy atom. The molecule has 1 aliphatic heterocycles. The van der Waals surface area contributed by atoms with E-state index < -0.39 is 5.54 Å². The lowest BCUT2D eigenvalue weighted by Gasteiger charge is -2.34. The van der Waals surface area contributed by atoms with Crippen molar-refractivity contribution < 1.29 is 9.59 Å². The molecule has 0 spiro atoms. The van der Waals surface area contributed by atoms with Crippen molar-refractivity contribution in [1.29, 1.82) is 0 Å². The van der Waals surface area contributed by atoms with Gasteiger partial charge in [0.15, 0.2) is 0 Å². The molecule has 17 heavy (non-hydrogen) atoms. The van der Waals surface area contributed by atoms with Crippen LogP contribution in [0.25, 0.3) is 0 Å². The summed E-state index contributed by atoms with van der Waals surface area (Å²) >= 11 is 0. The molecular formula is C11H22ClN3O2. The third-order valence-electron chi connectivity index (χ3n) is 3.46. The van der Waals surface area contributed by atoms with Crippen molar-refractivity contribution in [1.82, 2.24) is 10.6 Å². The maximum atomic E-state index is 11.9. The van der Waals surface area contributed by atoms with Gasteiger partial charge >= 0.3 is 0 Å². The van der Waals surface area contributed by atoms with E-state index in [1.165, 1.54) is 0 Å². The van der Waals surface area contributed by atoms with Gasteiger partial charge in [-0.1, -0.05) is 13.8 Å². The smallest absolute Gasteiger partial charge is 0.225 e. The average molecular weight is 264 g/mol. The molecule has 1 saturated heterocycles. The van der Waals surface area contributed by atoms with Crippen LogP contribution in [0.15, 0.2) is 0 Å². The Balaban J connectivity index is 0.00000256. The summed E-state index contributed by atoms with van der Waals surface area (Å²) in [5, 5.41) is 5.60. The van der Waals surface area contributed by atoms with Crippen molar-refractivity contribution in [3.63, 3.8) is 0 Å². The number of nitrogens with two attached hydrogens (primary N) is 1. The second-order valence-electron chi connectivity index (χ2n) is 4.97. The number of hydrogen-bond acceptors (Lipinski definition) is 3. The SMILES string of the molecule is CC(C)C(C)(CN)NC(=O)C1CNC(=O)C1.Cl. The number of amides is 2. The topological polar surface area (TPSA) is 84.2 Å². The van der Waals surface area contributed by atoms with Crippen molar-refractivity contribution in [3.05, 3.63) is 0 Å². The number of carbonyl (C=O) groups excluding carboxylic acids is 2. The molecule has 0 aromatic heterocycles. The van der Waals surface area contributed by atoms with Crippen LogP contribution in [0.2, 0.25) is 0 Å². The maximum absolute atomic E-state index is 11.9.